The number of benzene rings is 2. The Bertz CT molecular complexity index is 952. The summed E-state index contributed by atoms with van der Waals surface area (Å²) in [6.45, 7) is 3.02. The Morgan fingerprint density at radius 3 is 2.85 bits per heavy atom. The van der Waals surface area contributed by atoms with Crippen molar-refractivity contribution in [1.82, 2.24) is 10.3 Å². The van der Waals surface area contributed by atoms with Gasteiger partial charge in [0.15, 0.2) is 10.3 Å². The smallest absolute Gasteiger partial charge is 0.183 e. The molecule has 0 unspecified atom stereocenters. The molecule has 0 bridgehead atoms. The number of aromatic nitrogens is 1. The van der Waals surface area contributed by atoms with E-state index in [1.54, 1.807) is 30.2 Å². The first-order valence-corrected chi connectivity index (χ1v) is 10.8. The molecule has 7 heteroatoms. The zero-order chi connectivity index (χ0) is 18.6. The highest BCUT2D eigenvalue weighted by Crippen LogP contribution is 2.29. The summed E-state index contributed by atoms with van der Waals surface area (Å²) < 4.78 is 6.40. The second-order valence-corrected chi connectivity index (χ2v) is 8.51. The van der Waals surface area contributed by atoms with Crippen molar-refractivity contribution in [2.24, 2.45) is 4.99 Å². The number of ether oxygens (including phenoxy) is 1. The second kappa shape index (κ2) is 8.19. The summed E-state index contributed by atoms with van der Waals surface area (Å²) in [6.07, 6.45) is 0.945. The fourth-order valence-electron chi connectivity index (χ4n) is 2.84. The van der Waals surface area contributed by atoms with Crippen molar-refractivity contribution in [3.05, 3.63) is 48.0 Å². The van der Waals surface area contributed by atoms with Gasteiger partial charge in [0.25, 0.3) is 0 Å². The predicted octanol–water partition coefficient (Wildman–Crippen LogP) is 4.67. The maximum Gasteiger partial charge on any atom is 0.183 e. The summed E-state index contributed by atoms with van der Waals surface area (Å²) in [5, 5.41) is 8.76. The Kier molecular flexibility index (Phi) is 5.50. The van der Waals surface area contributed by atoms with E-state index in [9.17, 15) is 0 Å². The number of amidine groups is 1. The van der Waals surface area contributed by atoms with Gasteiger partial charge in [-0.05, 0) is 49.2 Å². The van der Waals surface area contributed by atoms with Crippen LogP contribution in [0, 0.1) is 0 Å². The van der Waals surface area contributed by atoms with Gasteiger partial charge >= 0.3 is 0 Å². The number of anilines is 1. The van der Waals surface area contributed by atoms with Crippen molar-refractivity contribution in [1.29, 1.82) is 0 Å². The number of methoxy groups -OCH3 is 1. The van der Waals surface area contributed by atoms with Crippen LogP contribution >= 0.6 is 23.1 Å². The lowest BCUT2D eigenvalue weighted by Crippen LogP contribution is -2.22. The van der Waals surface area contributed by atoms with Crippen molar-refractivity contribution in [3.63, 3.8) is 0 Å². The summed E-state index contributed by atoms with van der Waals surface area (Å²) in [7, 11) is 1.68. The molecule has 1 fully saturated rings. The number of aliphatic imine (C=N–C) groups is 1. The molecule has 1 saturated heterocycles. The highest BCUT2D eigenvalue weighted by molar-refractivity contribution is 8.14. The molecular weight excluding hydrogens is 376 g/mol. The van der Waals surface area contributed by atoms with Crippen LogP contribution in [0.3, 0.4) is 0 Å². The van der Waals surface area contributed by atoms with Gasteiger partial charge in [-0.25, -0.2) is 9.98 Å². The predicted molar refractivity (Wildman–Crippen MR) is 117 cm³/mol. The summed E-state index contributed by atoms with van der Waals surface area (Å²) in [6, 6.07) is 14.9. The topological polar surface area (TPSA) is 58.5 Å². The number of nitrogens with zero attached hydrogens (tertiary/aromatic N) is 2. The molecule has 27 heavy (non-hydrogen) atoms. The average molecular weight is 399 g/mol. The van der Waals surface area contributed by atoms with Crippen molar-refractivity contribution in [3.8, 4) is 5.75 Å². The molecule has 3 aromatic rings. The lowest BCUT2D eigenvalue weighted by molar-refractivity contribution is 0.415. The minimum Gasteiger partial charge on any atom is -0.497 e. The third-order valence-electron chi connectivity index (χ3n) is 4.29. The Hall–Kier alpha value is -2.25. The molecule has 140 valence electrons. The van der Waals surface area contributed by atoms with Crippen molar-refractivity contribution in [2.45, 2.75) is 19.4 Å². The molecule has 0 amide bonds. The van der Waals surface area contributed by atoms with E-state index in [1.165, 1.54) is 5.56 Å². The van der Waals surface area contributed by atoms with E-state index in [-0.39, 0.29) is 0 Å². The van der Waals surface area contributed by atoms with E-state index in [0.717, 1.165) is 50.7 Å². The summed E-state index contributed by atoms with van der Waals surface area (Å²) in [5.41, 5.74) is 3.28. The van der Waals surface area contributed by atoms with Crippen LogP contribution in [0.4, 0.5) is 10.8 Å². The van der Waals surface area contributed by atoms with Crippen LogP contribution < -0.4 is 15.4 Å². The molecule has 1 aromatic heterocycles. The molecule has 0 spiro atoms. The van der Waals surface area contributed by atoms with Crippen molar-refractivity contribution in [2.75, 3.05) is 24.7 Å². The van der Waals surface area contributed by atoms with Gasteiger partial charge in [0.2, 0.25) is 0 Å². The summed E-state index contributed by atoms with van der Waals surface area (Å²) in [4.78, 5) is 9.27. The highest BCUT2D eigenvalue weighted by atomic mass is 32.2. The third-order valence-corrected chi connectivity index (χ3v) is 6.42. The molecule has 5 nitrogen and oxygen atoms in total. The van der Waals surface area contributed by atoms with Gasteiger partial charge in [-0.2, -0.15) is 0 Å². The number of hydrogen-bond donors (Lipinski definition) is 2. The fraction of sp³-hybridized carbons (Fsp3) is 0.300. The van der Waals surface area contributed by atoms with E-state index in [4.69, 9.17) is 4.74 Å². The molecular formula is C20H22N4OS2. The number of hydrogen-bond acceptors (Lipinski definition) is 6. The normalized spacial score (nSPS) is 18.0. The van der Waals surface area contributed by atoms with Gasteiger partial charge in [-0.1, -0.05) is 35.2 Å². The van der Waals surface area contributed by atoms with Crippen LogP contribution in [0.25, 0.3) is 10.2 Å². The molecule has 2 N–H and O–H groups in total. The van der Waals surface area contributed by atoms with Crippen molar-refractivity contribution < 1.29 is 4.74 Å². The molecule has 0 radical (unpaired) electrons. The molecule has 4 rings (SSSR count). The van der Waals surface area contributed by atoms with Gasteiger partial charge < -0.3 is 15.4 Å². The lowest BCUT2D eigenvalue weighted by Gasteiger charge is -2.04. The second-order valence-electron chi connectivity index (χ2n) is 6.47. The van der Waals surface area contributed by atoms with Crippen LogP contribution in [0.5, 0.6) is 5.75 Å². The molecule has 1 atom stereocenters. The minimum atomic E-state index is 0.502. The maximum absolute atomic E-state index is 5.27. The number of thiazole rings is 1. The van der Waals surface area contributed by atoms with Gasteiger partial charge in [0.1, 0.15) is 5.75 Å². The average Bonchev–Trinajstić information content (AvgIpc) is 3.27. The Labute approximate surface area is 167 Å². The molecule has 1 aliphatic heterocycles. The molecule has 1 aliphatic rings. The van der Waals surface area contributed by atoms with E-state index in [1.807, 2.05) is 18.2 Å². The van der Waals surface area contributed by atoms with E-state index in [2.05, 4.69) is 51.8 Å². The molecule has 2 aromatic carbocycles. The van der Waals surface area contributed by atoms with Crippen LogP contribution in [-0.4, -0.2) is 35.6 Å². The Balaban J connectivity index is 1.32. The van der Waals surface area contributed by atoms with Gasteiger partial charge in [0.05, 0.1) is 23.0 Å². The van der Waals surface area contributed by atoms with Crippen molar-refractivity contribution >= 4 is 49.3 Å². The SMILES string of the molecule is COc1ccc2nc(NCCc3ccc(/N=C4/N[C@H](C)CS4)cc3)sc2c1. The summed E-state index contributed by atoms with van der Waals surface area (Å²) >= 11 is 3.43. The largest absolute Gasteiger partial charge is 0.497 e. The van der Waals surface area contributed by atoms with E-state index >= 15 is 0 Å². The van der Waals surface area contributed by atoms with Gasteiger partial charge in [0, 0.05) is 18.3 Å². The third kappa shape index (κ3) is 4.54. The minimum absolute atomic E-state index is 0.502. The molecule has 2 heterocycles. The standard InChI is InChI=1S/C20H22N4OS2/c1-13-12-26-20(22-13)23-15-5-3-14(4-6-15)9-10-21-19-24-17-8-7-16(25-2)11-18(17)27-19/h3-8,11,13H,9-10,12H2,1-2H3,(H,21,24)(H,22,23)/t13-/m1/s1. The molecule has 0 saturated carbocycles. The summed E-state index contributed by atoms with van der Waals surface area (Å²) in [5.74, 6) is 1.95. The number of nitrogens with one attached hydrogen (secondary N) is 2. The van der Waals surface area contributed by atoms with Crippen LogP contribution in [0.15, 0.2) is 47.5 Å². The highest BCUT2D eigenvalue weighted by Gasteiger charge is 2.15. The quantitative estimate of drug-likeness (QED) is 0.632. The first kappa shape index (κ1) is 18.1. The van der Waals surface area contributed by atoms with Crippen LogP contribution in [0.1, 0.15) is 12.5 Å². The van der Waals surface area contributed by atoms with Crippen LogP contribution in [-0.2, 0) is 6.42 Å². The molecule has 0 aliphatic carbocycles. The first-order chi connectivity index (χ1) is 13.2. The number of thioether (sulfide) groups is 1. The van der Waals surface area contributed by atoms with Crippen LogP contribution in [0.2, 0.25) is 0 Å². The Morgan fingerprint density at radius 2 is 2.11 bits per heavy atom. The lowest BCUT2D eigenvalue weighted by atomic mass is 10.1. The fourth-order valence-corrected chi connectivity index (χ4v) is 4.70. The van der Waals surface area contributed by atoms with Gasteiger partial charge in [-0.3, -0.25) is 0 Å². The Morgan fingerprint density at radius 1 is 1.26 bits per heavy atom. The number of rotatable bonds is 6. The van der Waals surface area contributed by atoms with Gasteiger partial charge in [-0.15, -0.1) is 0 Å². The maximum atomic E-state index is 5.27. The first-order valence-electron chi connectivity index (χ1n) is 8.95. The van der Waals surface area contributed by atoms with E-state index < -0.39 is 0 Å². The zero-order valence-corrected chi connectivity index (χ0v) is 17.0. The zero-order valence-electron chi connectivity index (χ0n) is 15.4. The number of fused-ring (bicyclic) bond motifs is 1. The van der Waals surface area contributed by atoms with E-state index in [0.29, 0.717) is 6.04 Å². The monoisotopic (exact) mass is 398 g/mol.